The molecule has 1 saturated heterocycles. The third-order valence-electron chi connectivity index (χ3n) is 2.99. The molecule has 1 fully saturated rings. The van der Waals surface area contributed by atoms with Gasteiger partial charge in [0.15, 0.2) is 0 Å². The standard InChI is InChI=1S/C12H19N3/c13-12-10-11(6-7-14-12)15-8-4-2-1-3-5-9-15/h6-7,10H,1-5,8-9H2,(H2,13,14). The van der Waals surface area contributed by atoms with Gasteiger partial charge in [-0.25, -0.2) is 4.98 Å². The summed E-state index contributed by atoms with van der Waals surface area (Å²) in [6, 6.07) is 4.03. The first-order chi connectivity index (χ1) is 7.36. The fraction of sp³-hybridized carbons (Fsp3) is 0.583. The zero-order valence-corrected chi connectivity index (χ0v) is 9.15. The summed E-state index contributed by atoms with van der Waals surface area (Å²) in [4.78, 5) is 6.46. The average Bonchev–Trinajstić information content (AvgIpc) is 2.16. The maximum absolute atomic E-state index is 5.70. The van der Waals surface area contributed by atoms with E-state index in [1.807, 2.05) is 6.07 Å². The molecular formula is C12H19N3. The van der Waals surface area contributed by atoms with Crippen LogP contribution >= 0.6 is 0 Å². The van der Waals surface area contributed by atoms with E-state index in [2.05, 4.69) is 16.0 Å². The van der Waals surface area contributed by atoms with E-state index in [1.54, 1.807) is 6.20 Å². The molecule has 0 spiro atoms. The number of pyridine rings is 1. The zero-order valence-electron chi connectivity index (χ0n) is 9.15. The van der Waals surface area contributed by atoms with E-state index in [9.17, 15) is 0 Å². The summed E-state index contributed by atoms with van der Waals surface area (Å²) in [6.07, 6.45) is 8.49. The van der Waals surface area contributed by atoms with E-state index in [1.165, 1.54) is 37.8 Å². The molecule has 2 N–H and O–H groups in total. The van der Waals surface area contributed by atoms with Gasteiger partial charge in [0, 0.05) is 31.0 Å². The normalized spacial score (nSPS) is 18.3. The first-order valence-electron chi connectivity index (χ1n) is 5.83. The molecule has 0 bridgehead atoms. The van der Waals surface area contributed by atoms with Crippen LogP contribution in [0.1, 0.15) is 32.1 Å². The van der Waals surface area contributed by atoms with Crippen molar-refractivity contribution in [3.8, 4) is 0 Å². The van der Waals surface area contributed by atoms with E-state index >= 15 is 0 Å². The lowest BCUT2D eigenvalue weighted by Gasteiger charge is -2.26. The van der Waals surface area contributed by atoms with Crippen LogP contribution in [0.4, 0.5) is 11.5 Å². The van der Waals surface area contributed by atoms with Crippen molar-refractivity contribution < 1.29 is 0 Å². The van der Waals surface area contributed by atoms with Gasteiger partial charge in [0.25, 0.3) is 0 Å². The number of hydrogen-bond acceptors (Lipinski definition) is 3. The van der Waals surface area contributed by atoms with Crippen molar-refractivity contribution in [3.63, 3.8) is 0 Å². The monoisotopic (exact) mass is 205 g/mol. The Bertz CT molecular complexity index is 303. The third-order valence-corrected chi connectivity index (χ3v) is 2.99. The molecule has 0 aliphatic carbocycles. The molecule has 0 radical (unpaired) electrons. The van der Waals surface area contributed by atoms with Gasteiger partial charge in [0.05, 0.1) is 0 Å². The van der Waals surface area contributed by atoms with Crippen LogP contribution in [-0.2, 0) is 0 Å². The van der Waals surface area contributed by atoms with Gasteiger partial charge in [-0.3, -0.25) is 0 Å². The predicted molar refractivity (Wildman–Crippen MR) is 63.9 cm³/mol. The molecule has 0 aromatic carbocycles. The minimum Gasteiger partial charge on any atom is -0.384 e. The molecule has 1 aliphatic rings. The van der Waals surface area contributed by atoms with Crippen molar-refractivity contribution in [3.05, 3.63) is 18.3 Å². The quantitative estimate of drug-likeness (QED) is 0.765. The van der Waals surface area contributed by atoms with Gasteiger partial charge in [-0.15, -0.1) is 0 Å². The summed E-state index contributed by atoms with van der Waals surface area (Å²) in [6.45, 7) is 2.31. The Morgan fingerprint density at radius 1 is 1.07 bits per heavy atom. The molecule has 1 aliphatic heterocycles. The van der Waals surface area contributed by atoms with Crippen LogP contribution in [0, 0.1) is 0 Å². The lowest BCUT2D eigenvalue weighted by Crippen LogP contribution is -2.27. The molecule has 82 valence electrons. The maximum atomic E-state index is 5.70. The summed E-state index contributed by atoms with van der Waals surface area (Å²) >= 11 is 0. The first-order valence-corrected chi connectivity index (χ1v) is 5.83. The summed E-state index contributed by atoms with van der Waals surface area (Å²) in [5.74, 6) is 0.620. The van der Waals surface area contributed by atoms with Crippen molar-refractivity contribution in [2.75, 3.05) is 23.7 Å². The van der Waals surface area contributed by atoms with Crippen LogP contribution in [0.15, 0.2) is 18.3 Å². The van der Waals surface area contributed by atoms with Crippen molar-refractivity contribution in [1.29, 1.82) is 0 Å². The molecule has 2 heterocycles. The Kier molecular flexibility index (Phi) is 3.43. The summed E-state index contributed by atoms with van der Waals surface area (Å²) in [7, 11) is 0. The fourth-order valence-electron chi connectivity index (χ4n) is 2.14. The van der Waals surface area contributed by atoms with Crippen molar-refractivity contribution in [2.24, 2.45) is 0 Å². The van der Waals surface area contributed by atoms with Crippen molar-refractivity contribution in [1.82, 2.24) is 4.98 Å². The highest BCUT2D eigenvalue weighted by molar-refractivity contribution is 5.51. The van der Waals surface area contributed by atoms with Crippen LogP contribution in [0.5, 0.6) is 0 Å². The van der Waals surface area contributed by atoms with Gasteiger partial charge in [0.1, 0.15) is 5.82 Å². The fourth-order valence-corrected chi connectivity index (χ4v) is 2.14. The highest BCUT2D eigenvalue weighted by Crippen LogP contribution is 2.19. The lowest BCUT2D eigenvalue weighted by atomic mass is 10.1. The highest BCUT2D eigenvalue weighted by atomic mass is 15.1. The van der Waals surface area contributed by atoms with E-state index in [4.69, 9.17) is 5.73 Å². The Morgan fingerprint density at radius 2 is 1.73 bits per heavy atom. The second-order valence-electron chi connectivity index (χ2n) is 4.19. The number of anilines is 2. The predicted octanol–water partition coefficient (Wildman–Crippen LogP) is 2.43. The van der Waals surface area contributed by atoms with Crippen molar-refractivity contribution >= 4 is 11.5 Å². The Hall–Kier alpha value is -1.25. The van der Waals surface area contributed by atoms with Gasteiger partial charge < -0.3 is 10.6 Å². The van der Waals surface area contributed by atoms with Gasteiger partial charge in [0.2, 0.25) is 0 Å². The minimum absolute atomic E-state index is 0.620. The molecule has 0 unspecified atom stereocenters. The number of nitrogens with two attached hydrogens (primary N) is 1. The first kappa shape index (κ1) is 10.3. The summed E-state index contributed by atoms with van der Waals surface area (Å²) < 4.78 is 0. The number of hydrogen-bond donors (Lipinski definition) is 1. The molecule has 15 heavy (non-hydrogen) atoms. The van der Waals surface area contributed by atoms with Gasteiger partial charge in [-0.2, -0.15) is 0 Å². The topological polar surface area (TPSA) is 42.1 Å². The second kappa shape index (κ2) is 5.01. The van der Waals surface area contributed by atoms with Gasteiger partial charge >= 0.3 is 0 Å². The summed E-state index contributed by atoms with van der Waals surface area (Å²) in [5.41, 5.74) is 6.92. The van der Waals surface area contributed by atoms with E-state index in [0.29, 0.717) is 5.82 Å². The van der Waals surface area contributed by atoms with Crippen LogP contribution < -0.4 is 10.6 Å². The average molecular weight is 205 g/mol. The number of rotatable bonds is 1. The second-order valence-corrected chi connectivity index (χ2v) is 4.19. The number of aromatic nitrogens is 1. The Balaban J connectivity index is 2.06. The van der Waals surface area contributed by atoms with Crippen LogP contribution in [-0.4, -0.2) is 18.1 Å². The van der Waals surface area contributed by atoms with Crippen LogP contribution in [0.3, 0.4) is 0 Å². The molecule has 3 heteroatoms. The van der Waals surface area contributed by atoms with Gasteiger partial charge in [-0.05, 0) is 18.9 Å². The third kappa shape index (κ3) is 2.85. The molecule has 1 aromatic heterocycles. The summed E-state index contributed by atoms with van der Waals surface area (Å²) in [5, 5.41) is 0. The largest absolute Gasteiger partial charge is 0.384 e. The van der Waals surface area contributed by atoms with E-state index < -0.39 is 0 Å². The SMILES string of the molecule is Nc1cc(N2CCCCCCC2)ccn1. The molecular weight excluding hydrogens is 186 g/mol. The molecule has 3 nitrogen and oxygen atoms in total. The number of nitrogens with zero attached hydrogens (tertiary/aromatic N) is 2. The van der Waals surface area contributed by atoms with E-state index in [-0.39, 0.29) is 0 Å². The van der Waals surface area contributed by atoms with Crippen LogP contribution in [0.25, 0.3) is 0 Å². The maximum Gasteiger partial charge on any atom is 0.125 e. The zero-order chi connectivity index (χ0) is 10.5. The van der Waals surface area contributed by atoms with Crippen molar-refractivity contribution in [2.45, 2.75) is 32.1 Å². The Morgan fingerprint density at radius 3 is 2.40 bits per heavy atom. The van der Waals surface area contributed by atoms with Crippen LogP contribution in [0.2, 0.25) is 0 Å². The Labute approximate surface area is 91.3 Å². The van der Waals surface area contributed by atoms with Gasteiger partial charge in [-0.1, -0.05) is 19.3 Å². The highest BCUT2D eigenvalue weighted by Gasteiger charge is 2.08. The minimum atomic E-state index is 0.620. The molecule has 0 amide bonds. The number of nitrogen functional groups attached to an aromatic ring is 1. The molecule has 0 saturated carbocycles. The lowest BCUT2D eigenvalue weighted by molar-refractivity contribution is 0.556. The molecule has 1 aromatic rings. The molecule has 0 atom stereocenters. The smallest absolute Gasteiger partial charge is 0.125 e. The van der Waals surface area contributed by atoms with E-state index in [0.717, 1.165) is 13.1 Å². The molecule has 2 rings (SSSR count).